The molecule has 0 aliphatic heterocycles. The zero-order chi connectivity index (χ0) is 11.1. The Morgan fingerprint density at radius 3 is 2.13 bits per heavy atom. The van der Waals surface area contributed by atoms with E-state index in [4.69, 9.17) is 0 Å². The van der Waals surface area contributed by atoms with Crippen LogP contribution in [0.4, 0.5) is 0 Å². The van der Waals surface area contributed by atoms with Gasteiger partial charge in [-0.05, 0) is 54.8 Å². The maximum absolute atomic E-state index is 2.49. The molecule has 0 spiro atoms. The summed E-state index contributed by atoms with van der Waals surface area (Å²) in [7, 11) is 0. The molecule has 2 rings (SSSR count). The van der Waals surface area contributed by atoms with Gasteiger partial charge in [-0.3, -0.25) is 0 Å². The molecule has 0 bridgehead atoms. The van der Waals surface area contributed by atoms with Gasteiger partial charge in [-0.1, -0.05) is 40.5 Å². The predicted molar refractivity (Wildman–Crippen MR) is 66.8 cm³/mol. The molecule has 0 N–H and O–H groups in total. The van der Waals surface area contributed by atoms with Gasteiger partial charge in [0, 0.05) is 0 Å². The third-order valence-electron chi connectivity index (χ3n) is 5.85. The summed E-state index contributed by atoms with van der Waals surface area (Å²) in [5.74, 6) is 4.07. The lowest BCUT2D eigenvalue weighted by Gasteiger charge is -2.42. The third-order valence-corrected chi connectivity index (χ3v) is 5.85. The number of hydrogen-bond donors (Lipinski definition) is 0. The van der Waals surface area contributed by atoms with Crippen LogP contribution in [-0.2, 0) is 0 Å². The highest BCUT2D eigenvalue weighted by Gasteiger charge is 2.46. The Bertz CT molecular complexity index is 201. The van der Waals surface area contributed by atoms with Gasteiger partial charge in [-0.2, -0.15) is 0 Å². The Kier molecular flexibility index (Phi) is 3.14. The summed E-state index contributed by atoms with van der Waals surface area (Å²) < 4.78 is 0. The monoisotopic (exact) mass is 208 g/mol. The summed E-state index contributed by atoms with van der Waals surface area (Å²) >= 11 is 0. The highest BCUT2D eigenvalue weighted by molar-refractivity contribution is 4.95. The minimum Gasteiger partial charge on any atom is -0.0649 e. The van der Waals surface area contributed by atoms with E-state index in [-0.39, 0.29) is 0 Å². The Morgan fingerprint density at radius 2 is 1.80 bits per heavy atom. The Labute approximate surface area is 95.8 Å². The number of rotatable bonds is 5. The average Bonchev–Trinajstić information content (AvgIpc) is 2.73. The quantitative estimate of drug-likeness (QED) is 0.604. The fourth-order valence-electron chi connectivity index (χ4n) is 3.92. The first kappa shape index (κ1) is 11.5. The molecule has 0 aromatic rings. The van der Waals surface area contributed by atoms with Gasteiger partial charge in [0.25, 0.3) is 0 Å². The zero-order valence-electron chi connectivity index (χ0n) is 11.1. The first-order valence-corrected chi connectivity index (χ1v) is 7.09. The molecule has 2 saturated carbocycles. The summed E-state index contributed by atoms with van der Waals surface area (Å²) in [4.78, 5) is 0. The van der Waals surface area contributed by atoms with Crippen LogP contribution in [0.15, 0.2) is 0 Å². The Hall–Kier alpha value is 0. The number of hydrogen-bond acceptors (Lipinski definition) is 0. The Morgan fingerprint density at radius 1 is 1.20 bits per heavy atom. The molecule has 0 heteroatoms. The molecular formula is C15H28. The van der Waals surface area contributed by atoms with Crippen molar-refractivity contribution in [2.45, 2.75) is 66.2 Å². The molecule has 2 aliphatic rings. The van der Waals surface area contributed by atoms with E-state index in [1.165, 1.54) is 38.5 Å². The standard InChI is InChI=1S/C15H28/c1-5-15(8-6-9-15)10-7-11(2)14-12(3)13(14)4/h11-14H,5-10H2,1-4H3. The minimum absolute atomic E-state index is 0.787. The minimum atomic E-state index is 0.787. The molecule has 0 aromatic heterocycles. The fraction of sp³-hybridized carbons (Fsp3) is 1.00. The van der Waals surface area contributed by atoms with Gasteiger partial charge in [0.15, 0.2) is 0 Å². The van der Waals surface area contributed by atoms with Crippen molar-refractivity contribution < 1.29 is 0 Å². The highest BCUT2D eigenvalue weighted by atomic mass is 14.5. The first-order chi connectivity index (χ1) is 7.09. The summed E-state index contributed by atoms with van der Waals surface area (Å²) in [6.07, 6.45) is 8.97. The van der Waals surface area contributed by atoms with E-state index in [0.717, 1.165) is 29.1 Å². The summed E-state index contributed by atoms with van der Waals surface area (Å²) in [5.41, 5.74) is 0.787. The van der Waals surface area contributed by atoms with Crippen LogP contribution >= 0.6 is 0 Å². The van der Waals surface area contributed by atoms with E-state index in [2.05, 4.69) is 27.7 Å². The van der Waals surface area contributed by atoms with Gasteiger partial charge in [0.1, 0.15) is 0 Å². The zero-order valence-corrected chi connectivity index (χ0v) is 11.1. The lowest BCUT2D eigenvalue weighted by Crippen LogP contribution is -2.29. The van der Waals surface area contributed by atoms with Crippen LogP contribution in [0.1, 0.15) is 66.2 Å². The van der Waals surface area contributed by atoms with Crippen LogP contribution in [0.25, 0.3) is 0 Å². The van der Waals surface area contributed by atoms with Gasteiger partial charge in [0.05, 0.1) is 0 Å². The van der Waals surface area contributed by atoms with Crippen molar-refractivity contribution in [3.05, 3.63) is 0 Å². The van der Waals surface area contributed by atoms with Gasteiger partial charge in [-0.15, -0.1) is 0 Å². The molecule has 15 heavy (non-hydrogen) atoms. The molecule has 3 unspecified atom stereocenters. The van der Waals surface area contributed by atoms with Crippen molar-refractivity contribution in [2.24, 2.45) is 29.1 Å². The molecular weight excluding hydrogens is 180 g/mol. The van der Waals surface area contributed by atoms with Gasteiger partial charge in [-0.25, -0.2) is 0 Å². The van der Waals surface area contributed by atoms with E-state index in [0.29, 0.717) is 0 Å². The largest absolute Gasteiger partial charge is 0.0649 e. The van der Waals surface area contributed by atoms with Crippen molar-refractivity contribution in [3.63, 3.8) is 0 Å². The molecule has 0 heterocycles. The smallest absolute Gasteiger partial charge is 0.0300 e. The maximum atomic E-state index is 2.49. The molecule has 2 aliphatic carbocycles. The van der Waals surface area contributed by atoms with E-state index in [1.54, 1.807) is 0 Å². The lowest BCUT2D eigenvalue weighted by molar-refractivity contribution is 0.101. The Balaban J connectivity index is 1.73. The highest BCUT2D eigenvalue weighted by Crippen LogP contribution is 2.54. The molecule has 0 saturated heterocycles. The maximum Gasteiger partial charge on any atom is -0.0300 e. The van der Waals surface area contributed by atoms with Crippen LogP contribution in [0, 0.1) is 29.1 Å². The van der Waals surface area contributed by atoms with Crippen LogP contribution in [0.5, 0.6) is 0 Å². The van der Waals surface area contributed by atoms with Crippen LogP contribution in [0.2, 0.25) is 0 Å². The topological polar surface area (TPSA) is 0 Å². The molecule has 2 fully saturated rings. The van der Waals surface area contributed by atoms with Gasteiger partial charge < -0.3 is 0 Å². The van der Waals surface area contributed by atoms with Gasteiger partial charge >= 0.3 is 0 Å². The fourth-order valence-corrected chi connectivity index (χ4v) is 3.92. The summed E-state index contributed by atoms with van der Waals surface area (Å²) in [6.45, 7) is 9.76. The van der Waals surface area contributed by atoms with Crippen molar-refractivity contribution in [1.29, 1.82) is 0 Å². The van der Waals surface area contributed by atoms with Crippen molar-refractivity contribution in [2.75, 3.05) is 0 Å². The second-order valence-corrected chi connectivity index (χ2v) is 6.52. The second kappa shape index (κ2) is 4.11. The molecule has 0 radical (unpaired) electrons. The first-order valence-electron chi connectivity index (χ1n) is 7.09. The summed E-state index contributed by atoms with van der Waals surface area (Å²) in [5, 5.41) is 0. The van der Waals surface area contributed by atoms with E-state index in [9.17, 15) is 0 Å². The summed E-state index contributed by atoms with van der Waals surface area (Å²) in [6, 6.07) is 0. The van der Waals surface area contributed by atoms with Crippen molar-refractivity contribution >= 4 is 0 Å². The van der Waals surface area contributed by atoms with Crippen molar-refractivity contribution in [1.82, 2.24) is 0 Å². The third kappa shape index (κ3) is 2.10. The SMILES string of the molecule is CCC1(CCC(C)C2C(C)C2C)CCC1. The molecule has 0 amide bonds. The van der Waals surface area contributed by atoms with E-state index < -0.39 is 0 Å². The van der Waals surface area contributed by atoms with Crippen LogP contribution in [0.3, 0.4) is 0 Å². The lowest BCUT2D eigenvalue weighted by atomic mass is 9.63. The van der Waals surface area contributed by atoms with Crippen molar-refractivity contribution in [3.8, 4) is 0 Å². The molecule has 0 aromatic carbocycles. The molecule has 3 atom stereocenters. The second-order valence-electron chi connectivity index (χ2n) is 6.52. The van der Waals surface area contributed by atoms with Crippen LogP contribution < -0.4 is 0 Å². The van der Waals surface area contributed by atoms with Crippen LogP contribution in [-0.4, -0.2) is 0 Å². The molecule has 0 nitrogen and oxygen atoms in total. The van der Waals surface area contributed by atoms with E-state index >= 15 is 0 Å². The van der Waals surface area contributed by atoms with E-state index in [1.807, 2.05) is 0 Å². The molecule has 88 valence electrons. The predicted octanol–water partition coefficient (Wildman–Crippen LogP) is 4.89. The van der Waals surface area contributed by atoms with Gasteiger partial charge in [0.2, 0.25) is 0 Å². The average molecular weight is 208 g/mol. The normalized spacial score (nSPS) is 39.6.